The maximum Gasteiger partial charge on any atom is 0.119 e. The predicted octanol–water partition coefficient (Wildman–Crippen LogP) is 2.80. The van der Waals surface area contributed by atoms with Gasteiger partial charge in [-0.1, -0.05) is 12.1 Å². The summed E-state index contributed by atoms with van der Waals surface area (Å²) in [5, 5.41) is 12.3. The van der Waals surface area contributed by atoms with Crippen LogP contribution >= 0.6 is 11.3 Å². The molecule has 2 aromatic rings. The summed E-state index contributed by atoms with van der Waals surface area (Å²) in [7, 11) is 1.66. The number of thiazole rings is 1. The van der Waals surface area contributed by atoms with Crippen molar-refractivity contribution in [1.29, 1.82) is 0 Å². The SMILES string of the molecule is COc1cccc(Cc2nc(C(C)O)cs2)c1. The Morgan fingerprint density at radius 2 is 2.29 bits per heavy atom. The van der Waals surface area contributed by atoms with Crippen molar-refractivity contribution in [1.82, 2.24) is 4.98 Å². The third-order valence-corrected chi connectivity index (χ3v) is 3.35. The van der Waals surface area contributed by atoms with Crippen LogP contribution in [0.2, 0.25) is 0 Å². The van der Waals surface area contributed by atoms with Crippen molar-refractivity contribution in [3.63, 3.8) is 0 Å². The van der Waals surface area contributed by atoms with Crippen LogP contribution in [0.3, 0.4) is 0 Å². The first-order chi connectivity index (χ1) is 8.19. The van der Waals surface area contributed by atoms with Crippen molar-refractivity contribution in [2.45, 2.75) is 19.4 Å². The van der Waals surface area contributed by atoms with E-state index in [4.69, 9.17) is 4.74 Å². The van der Waals surface area contributed by atoms with Crippen LogP contribution < -0.4 is 4.74 Å². The number of aromatic nitrogens is 1. The summed E-state index contributed by atoms with van der Waals surface area (Å²) in [6, 6.07) is 7.94. The largest absolute Gasteiger partial charge is 0.497 e. The summed E-state index contributed by atoms with van der Waals surface area (Å²) in [5.74, 6) is 0.856. The number of ether oxygens (including phenoxy) is 1. The average Bonchev–Trinajstić information content (AvgIpc) is 2.78. The second-order valence-electron chi connectivity index (χ2n) is 3.87. The highest BCUT2D eigenvalue weighted by Crippen LogP contribution is 2.20. The molecule has 0 aliphatic heterocycles. The first-order valence-corrected chi connectivity index (χ1v) is 6.32. The Morgan fingerprint density at radius 1 is 1.47 bits per heavy atom. The van der Waals surface area contributed by atoms with Gasteiger partial charge in [0.15, 0.2) is 0 Å². The molecular formula is C13H15NO2S. The van der Waals surface area contributed by atoms with Gasteiger partial charge in [0.1, 0.15) is 5.75 Å². The quantitative estimate of drug-likeness (QED) is 0.906. The molecule has 4 heteroatoms. The zero-order valence-corrected chi connectivity index (χ0v) is 10.7. The molecule has 0 spiro atoms. The fraction of sp³-hybridized carbons (Fsp3) is 0.308. The highest BCUT2D eigenvalue weighted by molar-refractivity contribution is 7.09. The second-order valence-corrected chi connectivity index (χ2v) is 4.81. The van der Waals surface area contributed by atoms with Gasteiger partial charge in [0, 0.05) is 11.8 Å². The molecule has 0 saturated heterocycles. The van der Waals surface area contributed by atoms with Crippen molar-refractivity contribution in [3.8, 4) is 5.75 Å². The third kappa shape index (κ3) is 3.05. The number of rotatable bonds is 4. The molecule has 0 aliphatic rings. The Bertz CT molecular complexity index is 494. The molecule has 90 valence electrons. The van der Waals surface area contributed by atoms with Crippen LogP contribution in [0.1, 0.15) is 29.3 Å². The number of nitrogens with zero attached hydrogens (tertiary/aromatic N) is 1. The lowest BCUT2D eigenvalue weighted by atomic mass is 10.1. The van der Waals surface area contributed by atoms with E-state index in [9.17, 15) is 5.11 Å². The number of aliphatic hydroxyl groups is 1. The van der Waals surface area contributed by atoms with Crippen LogP contribution in [0.5, 0.6) is 5.75 Å². The molecule has 1 heterocycles. The van der Waals surface area contributed by atoms with Gasteiger partial charge in [-0.05, 0) is 24.6 Å². The van der Waals surface area contributed by atoms with Gasteiger partial charge in [-0.3, -0.25) is 0 Å². The zero-order valence-electron chi connectivity index (χ0n) is 9.88. The Kier molecular flexibility index (Phi) is 3.76. The minimum Gasteiger partial charge on any atom is -0.497 e. The maximum atomic E-state index is 9.41. The van der Waals surface area contributed by atoms with Gasteiger partial charge in [0.25, 0.3) is 0 Å². The van der Waals surface area contributed by atoms with Gasteiger partial charge in [0.2, 0.25) is 0 Å². The number of hydrogen-bond acceptors (Lipinski definition) is 4. The van der Waals surface area contributed by atoms with Crippen LogP contribution in [0.25, 0.3) is 0 Å². The summed E-state index contributed by atoms with van der Waals surface area (Å²) in [4.78, 5) is 4.39. The van der Waals surface area contributed by atoms with Crippen LogP contribution in [0.15, 0.2) is 29.6 Å². The van der Waals surface area contributed by atoms with Crippen molar-refractivity contribution in [2.75, 3.05) is 7.11 Å². The molecule has 1 N–H and O–H groups in total. The topological polar surface area (TPSA) is 42.4 Å². The number of benzene rings is 1. The van der Waals surface area contributed by atoms with Gasteiger partial charge in [0.05, 0.1) is 23.9 Å². The number of aliphatic hydroxyl groups excluding tert-OH is 1. The first kappa shape index (κ1) is 12.1. The number of hydrogen-bond donors (Lipinski definition) is 1. The molecule has 3 nitrogen and oxygen atoms in total. The summed E-state index contributed by atoms with van der Waals surface area (Å²) in [5.41, 5.74) is 1.91. The van der Waals surface area contributed by atoms with Crippen LogP contribution in [0, 0.1) is 0 Å². The van der Waals surface area contributed by atoms with E-state index >= 15 is 0 Å². The molecule has 1 aromatic carbocycles. The minimum atomic E-state index is -0.495. The summed E-state index contributed by atoms with van der Waals surface area (Å²) in [6.07, 6.45) is 0.277. The molecule has 1 unspecified atom stereocenters. The summed E-state index contributed by atoms with van der Waals surface area (Å²) >= 11 is 1.57. The first-order valence-electron chi connectivity index (χ1n) is 5.44. The van der Waals surface area contributed by atoms with Gasteiger partial charge in [-0.2, -0.15) is 0 Å². The Balaban J connectivity index is 2.13. The zero-order chi connectivity index (χ0) is 12.3. The fourth-order valence-corrected chi connectivity index (χ4v) is 2.47. The molecule has 2 rings (SSSR count). The van der Waals surface area contributed by atoms with E-state index < -0.39 is 6.10 Å². The summed E-state index contributed by atoms with van der Waals surface area (Å²) < 4.78 is 5.18. The molecule has 0 fully saturated rings. The van der Waals surface area contributed by atoms with Gasteiger partial charge >= 0.3 is 0 Å². The van der Waals surface area contributed by atoms with Gasteiger partial charge < -0.3 is 9.84 Å². The smallest absolute Gasteiger partial charge is 0.119 e. The molecular weight excluding hydrogens is 234 g/mol. The highest BCUT2D eigenvalue weighted by Gasteiger charge is 2.07. The Hall–Kier alpha value is -1.39. The summed E-state index contributed by atoms with van der Waals surface area (Å²) in [6.45, 7) is 1.73. The van der Waals surface area contributed by atoms with Crippen LogP contribution in [-0.4, -0.2) is 17.2 Å². The molecule has 0 aliphatic carbocycles. The standard InChI is InChI=1S/C13H15NO2S/c1-9(15)12-8-17-13(14-12)7-10-4-3-5-11(6-10)16-2/h3-6,8-9,15H,7H2,1-2H3. The van der Waals surface area contributed by atoms with Gasteiger partial charge in [-0.25, -0.2) is 4.98 Å². The van der Waals surface area contributed by atoms with Crippen LogP contribution in [-0.2, 0) is 6.42 Å². The lowest BCUT2D eigenvalue weighted by Crippen LogP contribution is -1.93. The highest BCUT2D eigenvalue weighted by atomic mass is 32.1. The van der Waals surface area contributed by atoms with Crippen LogP contribution in [0.4, 0.5) is 0 Å². The maximum absolute atomic E-state index is 9.41. The van der Waals surface area contributed by atoms with E-state index in [1.54, 1.807) is 25.4 Å². The van der Waals surface area contributed by atoms with E-state index in [0.717, 1.165) is 28.4 Å². The number of methoxy groups -OCH3 is 1. The molecule has 0 radical (unpaired) electrons. The Labute approximate surface area is 105 Å². The van der Waals surface area contributed by atoms with Crippen molar-refractivity contribution in [2.24, 2.45) is 0 Å². The third-order valence-electron chi connectivity index (χ3n) is 2.49. The normalized spacial score (nSPS) is 12.4. The van der Waals surface area contributed by atoms with E-state index in [2.05, 4.69) is 4.98 Å². The Morgan fingerprint density at radius 3 is 2.94 bits per heavy atom. The molecule has 17 heavy (non-hydrogen) atoms. The monoisotopic (exact) mass is 249 g/mol. The average molecular weight is 249 g/mol. The van der Waals surface area contributed by atoms with Crippen molar-refractivity contribution >= 4 is 11.3 Å². The molecule has 0 saturated carbocycles. The molecule has 0 amide bonds. The minimum absolute atomic E-state index is 0.495. The molecule has 1 atom stereocenters. The second kappa shape index (κ2) is 5.29. The van der Waals surface area contributed by atoms with E-state index in [1.165, 1.54) is 0 Å². The van der Waals surface area contributed by atoms with Crippen molar-refractivity contribution in [3.05, 3.63) is 45.9 Å². The molecule has 1 aromatic heterocycles. The fourth-order valence-electron chi connectivity index (χ4n) is 1.56. The lowest BCUT2D eigenvalue weighted by molar-refractivity contribution is 0.195. The molecule has 0 bridgehead atoms. The lowest BCUT2D eigenvalue weighted by Gasteiger charge is -2.02. The van der Waals surface area contributed by atoms with E-state index in [1.807, 2.05) is 29.6 Å². The predicted molar refractivity (Wildman–Crippen MR) is 68.5 cm³/mol. The van der Waals surface area contributed by atoms with E-state index in [-0.39, 0.29) is 0 Å². The van der Waals surface area contributed by atoms with Gasteiger partial charge in [-0.15, -0.1) is 11.3 Å². The van der Waals surface area contributed by atoms with Crippen molar-refractivity contribution < 1.29 is 9.84 Å². The van der Waals surface area contributed by atoms with E-state index in [0.29, 0.717) is 0 Å².